The van der Waals surface area contributed by atoms with E-state index in [2.05, 4.69) is 15.5 Å². The van der Waals surface area contributed by atoms with E-state index in [0.29, 0.717) is 12.1 Å². The summed E-state index contributed by atoms with van der Waals surface area (Å²) >= 11 is 2.25. The number of nitrogens with zero attached hydrogens (tertiary/aromatic N) is 6. The molecule has 280 valence electrons. The number of nitrogen functional groups attached to an aromatic ring is 1. The second-order valence-corrected chi connectivity index (χ2v) is 13.6. The zero-order valence-corrected chi connectivity index (χ0v) is 29.6. The molecule has 3 aliphatic heterocycles. The number of ether oxygens (including phenoxy) is 2. The Kier molecular flexibility index (Phi) is 10.4. The molecule has 0 radical (unpaired) electrons. The van der Waals surface area contributed by atoms with Crippen molar-refractivity contribution in [2.75, 3.05) is 56.3 Å². The summed E-state index contributed by atoms with van der Waals surface area (Å²) in [7, 11) is 1.23. The molecular formula is C31H31FN8O11S2. The summed E-state index contributed by atoms with van der Waals surface area (Å²) in [5, 5.41) is 25.9. The lowest BCUT2D eigenvalue weighted by atomic mass is 10.1. The summed E-state index contributed by atoms with van der Waals surface area (Å²) in [5.74, 6) is -3.84. The Morgan fingerprint density at radius 2 is 1.89 bits per heavy atom. The first-order valence-corrected chi connectivity index (χ1v) is 17.7. The average Bonchev–Trinajstić information content (AvgIpc) is 3.57. The van der Waals surface area contributed by atoms with Crippen LogP contribution in [-0.4, -0.2) is 122 Å². The van der Waals surface area contributed by atoms with Crippen molar-refractivity contribution in [1.29, 1.82) is 0 Å². The molecule has 1 aromatic carbocycles. The van der Waals surface area contributed by atoms with Gasteiger partial charge in [-0.05, 0) is 19.1 Å². The molecule has 3 aromatic rings. The van der Waals surface area contributed by atoms with Gasteiger partial charge >= 0.3 is 18.2 Å². The Bertz CT molecular complexity index is 2150. The fourth-order valence-corrected chi connectivity index (χ4v) is 7.89. The number of carbonyl (C=O) groups excluding carboxylic acids is 3. The number of carbonyl (C=O) groups is 5. The molecule has 0 aliphatic carbocycles. The van der Waals surface area contributed by atoms with E-state index >= 15 is 4.39 Å². The number of aryl methyl sites for hydroxylation is 1. The minimum atomic E-state index is -1.71. The molecule has 2 atom stereocenters. The van der Waals surface area contributed by atoms with E-state index in [-0.39, 0.29) is 71.0 Å². The molecule has 3 aliphatic rings. The Balaban J connectivity index is 1.10. The molecule has 0 bridgehead atoms. The maximum absolute atomic E-state index is 15.3. The van der Waals surface area contributed by atoms with Crippen LogP contribution in [-0.2, 0) is 30.4 Å². The topological polar surface area (TPSA) is 249 Å². The first-order chi connectivity index (χ1) is 25.3. The van der Waals surface area contributed by atoms with Crippen molar-refractivity contribution in [3.63, 3.8) is 0 Å². The maximum Gasteiger partial charge on any atom is 0.512 e. The number of benzene rings is 1. The van der Waals surface area contributed by atoms with Crippen LogP contribution in [0.25, 0.3) is 10.9 Å². The standard InChI is InChI=1S/C31H31FN8O11S2/c1-3-37-10-16(28(44)45)23(41)15-8-17(32)20(9-19(15)37)38-4-6-39(7-5-38)30(46)50-11-14-12-52-27-22(25(43)40(27)26(14)51-31(47)48)35-24(42)21(36-49-2)18-13-53-29(33)34-18/h8-10,13,22,27H,3-7,11-12H2,1-2H3,(H2,33,34)(H,35,42)(H,44,45)(H,47,48)/b36-21-/t22-,27-/m1/s1. The number of aromatic nitrogens is 2. The van der Waals surface area contributed by atoms with Gasteiger partial charge in [0.2, 0.25) is 11.3 Å². The molecule has 22 heteroatoms. The third kappa shape index (κ3) is 7.13. The number of thiazole rings is 1. The summed E-state index contributed by atoms with van der Waals surface area (Å²) in [6.45, 7) is 2.30. The number of pyridine rings is 1. The summed E-state index contributed by atoms with van der Waals surface area (Å²) < 4.78 is 27.3. The van der Waals surface area contributed by atoms with Gasteiger partial charge in [-0.1, -0.05) is 5.16 Å². The lowest BCUT2D eigenvalue weighted by Gasteiger charge is -2.49. The van der Waals surface area contributed by atoms with Crippen LogP contribution in [0.1, 0.15) is 23.0 Å². The number of oxime groups is 1. The van der Waals surface area contributed by atoms with Crippen molar-refractivity contribution in [2.45, 2.75) is 24.9 Å². The Hall–Kier alpha value is -5.90. The van der Waals surface area contributed by atoms with E-state index in [1.54, 1.807) is 16.4 Å². The van der Waals surface area contributed by atoms with Gasteiger partial charge in [0.25, 0.3) is 11.8 Å². The van der Waals surface area contributed by atoms with Crippen LogP contribution in [0.5, 0.6) is 0 Å². The molecular weight excluding hydrogens is 744 g/mol. The van der Waals surface area contributed by atoms with Gasteiger partial charge in [0, 0.05) is 61.0 Å². The zero-order valence-electron chi connectivity index (χ0n) is 27.9. The Morgan fingerprint density at radius 1 is 1.15 bits per heavy atom. The SMILES string of the molecule is CCn1cc(C(=O)O)c(=O)c2cc(F)c(N3CCN(C(=O)OCC4=C(OC(=O)O)N5C(=O)[C@@H](NC(=O)/C(=N\OC)c6csc(N)n6)[C@H]5SC4)CC3)cc21. The van der Waals surface area contributed by atoms with E-state index in [0.717, 1.165) is 22.3 Å². The number of aromatic carboxylic acids is 1. The fourth-order valence-electron chi connectivity index (χ4n) is 6.04. The van der Waals surface area contributed by atoms with Crippen molar-refractivity contribution in [1.82, 2.24) is 24.7 Å². The highest BCUT2D eigenvalue weighted by Crippen LogP contribution is 2.41. The van der Waals surface area contributed by atoms with E-state index in [1.165, 1.54) is 41.4 Å². The van der Waals surface area contributed by atoms with Gasteiger partial charge in [0.15, 0.2) is 10.8 Å². The number of piperazine rings is 1. The van der Waals surface area contributed by atoms with Crippen LogP contribution in [0.2, 0.25) is 0 Å². The highest BCUT2D eigenvalue weighted by atomic mass is 32.2. The van der Waals surface area contributed by atoms with Crippen LogP contribution in [0.4, 0.5) is 24.8 Å². The number of hydrogen-bond donors (Lipinski definition) is 4. The van der Waals surface area contributed by atoms with E-state index in [9.17, 15) is 39.0 Å². The van der Waals surface area contributed by atoms with Crippen molar-refractivity contribution in [2.24, 2.45) is 5.16 Å². The third-order valence-electron chi connectivity index (χ3n) is 8.59. The number of hydrogen-bond acceptors (Lipinski definition) is 15. The number of halogens is 1. The second-order valence-electron chi connectivity index (χ2n) is 11.6. The number of thioether (sulfide) groups is 1. The molecule has 0 spiro atoms. The highest BCUT2D eigenvalue weighted by Gasteiger charge is 2.54. The number of fused-ring (bicyclic) bond motifs is 2. The van der Waals surface area contributed by atoms with E-state index < -0.39 is 64.9 Å². The number of rotatable bonds is 10. The number of nitrogens with one attached hydrogen (secondary N) is 1. The van der Waals surface area contributed by atoms with Gasteiger partial charge in [0.05, 0.1) is 11.2 Å². The first kappa shape index (κ1) is 36.9. The summed E-state index contributed by atoms with van der Waals surface area (Å²) in [6.07, 6.45) is -1.23. The van der Waals surface area contributed by atoms with Gasteiger partial charge in [-0.3, -0.25) is 19.3 Å². The molecule has 5 heterocycles. The number of β-lactam (4-membered cyclic amide) rings is 1. The average molecular weight is 775 g/mol. The number of nitrogens with two attached hydrogens (primary N) is 1. The normalized spacial score (nSPS) is 18.7. The van der Waals surface area contributed by atoms with Crippen LogP contribution < -0.4 is 21.4 Å². The quantitative estimate of drug-likeness (QED) is 0.0987. The van der Waals surface area contributed by atoms with Gasteiger partial charge in [-0.25, -0.2) is 23.8 Å². The van der Waals surface area contributed by atoms with Crippen molar-refractivity contribution < 1.29 is 52.9 Å². The zero-order chi connectivity index (χ0) is 38.1. The van der Waals surface area contributed by atoms with Crippen LogP contribution in [0, 0.1) is 5.82 Å². The van der Waals surface area contributed by atoms with Crippen molar-refractivity contribution >= 4 is 80.6 Å². The number of amides is 3. The Morgan fingerprint density at radius 3 is 2.51 bits per heavy atom. The number of carboxylic acid groups (broad SMARTS) is 2. The molecule has 2 fully saturated rings. The highest BCUT2D eigenvalue weighted by molar-refractivity contribution is 8.00. The van der Waals surface area contributed by atoms with Gasteiger partial charge in [0.1, 0.15) is 42.2 Å². The van der Waals surface area contributed by atoms with Crippen LogP contribution in [0.3, 0.4) is 0 Å². The first-order valence-electron chi connectivity index (χ1n) is 15.8. The smallest absolute Gasteiger partial charge is 0.477 e. The van der Waals surface area contributed by atoms with Gasteiger partial charge in [-0.2, -0.15) is 0 Å². The molecule has 2 aromatic heterocycles. The van der Waals surface area contributed by atoms with Gasteiger partial charge < -0.3 is 49.9 Å². The van der Waals surface area contributed by atoms with Crippen LogP contribution in [0.15, 0.2) is 45.1 Å². The predicted molar refractivity (Wildman–Crippen MR) is 187 cm³/mol. The second kappa shape index (κ2) is 15.0. The third-order valence-corrected chi connectivity index (χ3v) is 10.6. The molecule has 3 amide bonds. The molecule has 0 unspecified atom stereocenters. The fraction of sp³-hybridized carbons (Fsp3) is 0.355. The monoisotopic (exact) mass is 774 g/mol. The van der Waals surface area contributed by atoms with Crippen molar-refractivity contribution in [3.05, 3.63) is 62.5 Å². The minimum absolute atomic E-state index is 0.0635. The predicted octanol–water partition coefficient (Wildman–Crippen LogP) is 1.51. The van der Waals surface area contributed by atoms with Crippen molar-refractivity contribution in [3.8, 4) is 0 Å². The molecule has 0 saturated carbocycles. The van der Waals surface area contributed by atoms with Crippen LogP contribution >= 0.6 is 23.1 Å². The van der Waals surface area contributed by atoms with E-state index in [4.69, 9.17) is 20.0 Å². The summed E-state index contributed by atoms with van der Waals surface area (Å²) in [5.41, 5.74) is 5.05. The van der Waals surface area contributed by atoms with Gasteiger partial charge in [-0.15, -0.1) is 23.1 Å². The lowest BCUT2D eigenvalue weighted by molar-refractivity contribution is -0.148. The Labute approximate surface area is 306 Å². The maximum atomic E-state index is 15.3. The summed E-state index contributed by atoms with van der Waals surface area (Å²) in [4.78, 5) is 88.1. The lowest BCUT2D eigenvalue weighted by Crippen LogP contribution is -2.70. The molecule has 2 saturated heterocycles. The minimum Gasteiger partial charge on any atom is -0.477 e. The molecule has 53 heavy (non-hydrogen) atoms. The number of carboxylic acids is 1. The number of anilines is 2. The largest absolute Gasteiger partial charge is 0.512 e. The molecule has 6 rings (SSSR count). The molecule has 19 nitrogen and oxygen atoms in total. The summed E-state index contributed by atoms with van der Waals surface area (Å²) in [6, 6.07) is 1.42. The van der Waals surface area contributed by atoms with E-state index in [1.807, 2.05) is 0 Å². The molecule has 5 N–H and O–H groups in total.